The van der Waals surface area contributed by atoms with Gasteiger partial charge in [-0.25, -0.2) is 0 Å². The minimum Gasteiger partial charge on any atom is -0.508 e. The van der Waals surface area contributed by atoms with Gasteiger partial charge in [0.1, 0.15) is 11.5 Å². The van der Waals surface area contributed by atoms with Crippen molar-refractivity contribution < 1.29 is 10.2 Å². The summed E-state index contributed by atoms with van der Waals surface area (Å²) in [5.74, 6) is 0.730. The first kappa shape index (κ1) is 16.5. The quantitative estimate of drug-likeness (QED) is 0.877. The maximum Gasteiger partial charge on any atom is 0.115 e. The van der Waals surface area contributed by atoms with Gasteiger partial charge in [-0.15, -0.1) is 0 Å². The van der Waals surface area contributed by atoms with E-state index in [0.717, 1.165) is 19.5 Å². The van der Waals surface area contributed by atoms with Crippen LogP contribution in [0.1, 0.15) is 43.2 Å². The van der Waals surface area contributed by atoms with E-state index in [9.17, 15) is 10.2 Å². The Kier molecular flexibility index (Phi) is 4.43. The Morgan fingerprint density at radius 2 is 1.84 bits per heavy atom. The van der Waals surface area contributed by atoms with Gasteiger partial charge in [-0.2, -0.15) is 0 Å². The number of fused-ring (bicyclic) bond motifs is 2. The predicted molar refractivity (Wildman–Crippen MR) is 100 cm³/mol. The molecule has 1 saturated carbocycles. The molecule has 2 aromatic carbocycles. The highest BCUT2D eigenvalue weighted by molar-refractivity contribution is 5.34. The maximum absolute atomic E-state index is 9.89. The van der Waals surface area contributed by atoms with Gasteiger partial charge in [0.25, 0.3) is 0 Å². The average Bonchev–Trinajstić information content (AvgIpc) is 2.63. The fourth-order valence-corrected chi connectivity index (χ4v) is 4.88. The van der Waals surface area contributed by atoms with Crippen LogP contribution in [0.4, 0.5) is 0 Å². The Hall–Kier alpha value is -2.00. The molecule has 2 aromatic rings. The lowest BCUT2D eigenvalue weighted by molar-refractivity contribution is 0.0524. The lowest BCUT2D eigenvalue weighted by Gasteiger charge is -2.51. The molecule has 25 heavy (non-hydrogen) atoms. The molecule has 2 atom stereocenters. The van der Waals surface area contributed by atoms with E-state index in [1.165, 1.54) is 43.2 Å². The molecule has 1 heterocycles. The van der Waals surface area contributed by atoms with Gasteiger partial charge in [0.15, 0.2) is 0 Å². The molecule has 1 aliphatic heterocycles. The van der Waals surface area contributed by atoms with E-state index in [1.54, 1.807) is 18.2 Å². The Morgan fingerprint density at radius 1 is 1.00 bits per heavy atom. The highest BCUT2D eigenvalue weighted by atomic mass is 16.3. The lowest BCUT2D eigenvalue weighted by atomic mass is 9.63. The Balaban J connectivity index is 1.44. The normalized spacial score (nSPS) is 26.5. The maximum atomic E-state index is 9.89. The van der Waals surface area contributed by atoms with Crippen LogP contribution >= 0.6 is 0 Å². The van der Waals surface area contributed by atoms with Crippen LogP contribution in [-0.4, -0.2) is 34.2 Å². The van der Waals surface area contributed by atoms with Crippen molar-refractivity contribution in [3.8, 4) is 11.5 Å². The highest BCUT2D eigenvalue weighted by Gasteiger charge is 2.43. The zero-order chi connectivity index (χ0) is 17.3. The number of hydrogen-bond donors (Lipinski definition) is 2. The molecule has 2 N–H and O–H groups in total. The molecule has 3 nitrogen and oxygen atoms in total. The molecule has 0 unspecified atom stereocenters. The minimum absolute atomic E-state index is 0.261. The third kappa shape index (κ3) is 3.38. The summed E-state index contributed by atoms with van der Waals surface area (Å²) < 4.78 is 0. The first-order chi connectivity index (χ1) is 12.1. The van der Waals surface area contributed by atoms with E-state index in [-0.39, 0.29) is 5.41 Å². The van der Waals surface area contributed by atoms with Crippen LogP contribution in [0.3, 0.4) is 0 Å². The summed E-state index contributed by atoms with van der Waals surface area (Å²) in [4.78, 5) is 2.66. The summed E-state index contributed by atoms with van der Waals surface area (Å²) in [6.07, 6.45) is 7.25. The molecule has 2 fully saturated rings. The first-order valence-corrected chi connectivity index (χ1v) is 9.46. The van der Waals surface area contributed by atoms with Crippen LogP contribution in [0, 0.1) is 0 Å². The standard InChI is InChI=1S/C22H27NO2/c24-20-8-6-17(7-9-20)10-13-23-14-12-22(11-2-4-19(23)16-22)18-3-1-5-21(25)15-18/h1,3,5-9,15,19,24-25H,2,4,10-14,16H2/t19-,22+/m1/s1. The summed E-state index contributed by atoms with van der Waals surface area (Å²) in [7, 11) is 0. The van der Waals surface area contributed by atoms with Crippen molar-refractivity contribution in [2.45, 2.75) is 50.0 Å². The third-order valence-electron chi connectivity index (χ3n) is 6.30. The largest absolute Gasteiger partial charge is 0.508 e. The molecule has 1 saturated heterocycles. The van der Waals surface area contributed by atoms with Gasteiger partial charge in [-0.05, 0) is 79.5 Å². The fraction of sp³-hybridized carbons (Fsp3) is 0.455. The lowest BCUT2D eigenvalue weighted by Crippen LogP contribution is -2.52. The van der Waals surface area contributed by atoms with Gasteiger partial charge in [0.05, 0.1) is 0 Å². The minimum atomic E-state index is 0.261. The van der Waals surface area contributed by atoms with Crippen LogP contribution in [0.5, 0.6) is 11.5 Å². The molecular weight excluding hydrogens is 310 g/mol. The zero-order valence-electron chi connectivity index (χ0n) is 14.7. The summed E-state index contributed by atoms with van der Waals surface area (Å²) in [5.41, 5.74) is 2.88. The summed E-state index contributed by atoms with van der Waals surface area (Å²) >= 11 is 0. The van der Waals surface area contributed by atoms with E-state index < -0.39 is 0 Å². The number of hydrogen-bond acceptors (Lipinski definition) is 3. The molecule has 1 aliphatic carbocycles. The second-order valence-electron chi connectivity index (χ2n) is 7.78. The summed E-state index contributed by atoms with van der Waals surface area (Å²) in [6, 6.07) is 16.2. The Bertz CT molecular complexity index is 727. The van der Waals surface area contributed by atoms with Crippen LogP contribution in [-0.2, 0) is 11.8 Å². The van der Waals surface area contributed by atoms with Crippen LogP contribution in [0.25, 0.3) is 0 Å². The number of aromatic hydroxyl groups is 2. The first-order valence-electron chi connectivity index (χ1n) is 9.46. The predicted octanol–water partition coefficient (Wildman–Crippen LogP) is 4.23. The van der Waals surface area contributed by atoms with Crippen molar-refractivity contribution in [2.75, 3.05) is 13.1 Å². The van der Waals surface area contributed by atoms with E-state index >= 15 is 0 Å². The fourth-order valence-electron chi connectivity index (χ4n) is 4.88. The van der Waals surface area contributed by atoms with Gasteiger partial charge in [0, 0.05) is 12.6 Å². The van der Waals surface area contributed by atoms with E-state index in [2.05, 4.69) is 11.0 Å². The van der Waals surface area contributed by atoms with Crippen LogP contribution < -0.4 is 0 Å². The summed E-state index contributed by atoms with van der Waals surface area (Å²) in [6.45, 7) is 2.23. The second kappa shape index (κ2) is 6.72. The molecule has 2 aliphatic rings. The Labute approximate surface area is 149 Å². The molecule has 0 aromatic heterocycles. The molecule has 0 radical (unpaired) electrons. The molecule has 0 amide bonds. The third-order valence-corrected chi connectivity index (χ3v) is 6.30. The average molecular weight is 337 g/mol. The molecular formula is C22H27NO2. The second-order valence-corrected chi connectivity index (χ2v) is 7.78. The number of likely N-dealkylation sites (tertiary alicyclic amines) is 1. The van der Waals surface area contributed by atoms with E-state index in [4.69, 9.17) is 0 Å². The molecule has 2 bridgehead atoms. The smallest absolute Gasteiger partial charge is 0.115 e. The van der Waals surface area contributed by atoms with Crippen molar-refractivity contribution in [2.24, 2.45) is 0 Å². The van der Waals surface area contributed by atoms with Gasteiger partial charge < -0.3 is 10.2 Å². The number of phenols is 2. The molecule has 132 valence electrons. The van der Waals surface area contributed by atoms with Gasteiger partial charge in [-0.1, -0.05) is 30.7 Å². The number of nitrogens with zero attached hydrogens (tertiary/aromatic N) is 1. The van der Waals surface area contributed by atoms with Crippen molar-refractivity contribution >= 4 is 0 Å². The van der Waals surface area contributed by atoms with E-state index in [0.29, 0.717) is 17.5 Å². The highest BCUT2D eigenvalue weighted by Crippen LogP contribution is 2.47. The molecule has 3 heteroatoms. The van der Waals surface area contributed by atoms with Crippen molar-refractivity contribution in [3.05, 3.63) is 59.7 Å². The van der Waals surface area contributed by atoms with Crippen molar-refractivity contribution in [3.63, 3.8) is 0 Å². The van der Waals surface area contributed by atoms with Gasteiger partial charge in [-0.3, -0.25) is 4.90 Å². The number of phenolic OH excluding ortho intramolecular Hbond substituents is 2. The SMILES string of the molecule is Oc1ccc(CCN2CC[C@@]3(c4cccc(O)c4)CCC[C@@H]2C3)cc1. The number of rotatable bonds is 4. The van der Waals surface area contributed by atoms with Gasteiger partial charge in [0.2, 0.25) is 0 Å². The molecule has 4 rings (SSSR count). The monoisotopic (exact) mass is 337 g/mol. The van der Waals surface area contributed by atoms with E-state index in [1.807, 2.05) is 24.3 Å². The Morgan fingerprint density at radius 3 is 2.64 bits per heavy atom. The van der Waals surface area contributed by atoms with Crippen LogP contribution in [0.15, 0.2) is 48.5 Å². The van der Waals surface area contributed by atoms with Crippen LogP contribution in [0.2, 0.25) is 0 Å². The van der Waals surface area contributed by atoms with Crippen molar-refractivity contribution in [1.82, 2.24) is 4.90 Å². The van der Waals surface area contributed by atoms with Crippen molar-refractivity contribution in [1.29, 1.82) is 0 Å². The topological polar surface area (TPSA) is 43.7 Å². The van der Waals surface area contributed by atoms with Gasteiger partial charge >= 0.3 is 0 Å². The molecule has 0 spiro atoms. The summed E-state index contributed by atoms with van der Waals surface area (Å²) in [5, 5.41) is 19.3. The zero-order valence-corrected chi connectivity index (χ0v) is 14.7. The number of benzene rings is 2. The number of piperidine rings is 1.